The zero-order valence-corrected chi connectivity index (χ0v) is 15.5. The first-order chi connectivity index (χ1) is 11.0. The van der Waals surface area contributed by atoms with Crippen LogP contribution in [-0.4, -0.2) is 13.4 Å². The van der Waals surface area contributed by atoms with Crippen LogP contribution in [-0.2, 0) is 9.84 Å². The molecule has 2 aromatic carbocycles. The van der Waals surface area contributed by atoms with Crippen molar-refractivity contribution in [3.8, 4) is 0 Å². The number of hydrogen-bond acceptors (Lipinski definition) is 4. The second-order valence-corrected chi connectivity index (χ2v) is 7.01. The molecule has 24 heavy (non-hydrogen) atoms. The van der Waals surface area contributed by atoms with Crippen molar-refractivity contribution in [1.29, 1.82) is 0 Å². The topological polar surface area (TPSA) is 70.1 Å². The van der Waals surface area contributed by atoms with Crippen LogP contribution in [0.3, 0.4) is 0 Å². The van der Waals surface area contributed by atoms with Gasteiger partial charge in [-0.05, 0) is 29.8 Å². The molecule has 0 bridgehead atoms. The number of fused-ring (bicyclic) bond motifs is 2. The summed E-state index contributed by atoms with van der Waals surface area (Å²) in [4.78, 5) is 3.71. The van der Waals surface area contributed by atoms with Crippen LogP contribution in [0.4, 0.5) is 4.39 Å². The second kappa shape index (κ2) is 5.97. The van der Waals surface area contributed by atoms with E-state index in [1.807, 2.05) is 0 Å². The molecule has 0 radical (unpaired) electrons. The summed E-state index contributed by atoms with van der Waals surface area (Å²) in [5.74, 6) is -1.25. The third kappa shape index (κ3) is 2.46. The average molecular weight is 349 g/mol. The number of hydrogen-bond donors (Lipinski definition) is 0. The maximum absolute atomic E-state index is 13.4. The van der Waals surface area contributed by atoms with Gasteiger partial charge in [-0.25, -0.2) is 17.8 Å². The third-order valence-corrected chi connectivity index (χ3v) is 5.53. The molecule has 1 aliphatic heterocycles. The summed E-state index contributed by atoms with van der Waals surface area (Å²) in [7, 11) is -4.07. The van der Waals surface area contributed by atoms with E-state index >= 15 is 0 Å². The van der Waals surface area contributed by atoms with Crippen molar-refractivity contribution in [2.24, 2.45) is 0 Å². The SMILES string of the molecule is O=S1(=O)C(c2cccc(F)c2)=C([O-])c2cc3ccccc3nc21.[Na+]. The molecule has 0 atom stereocenters. The van der Waals surface area contributed by atoms with Gasteiger partial charge in [0.2, 0.25) is 9.84 Å². The Morgan fingerprint density at radius 2 is 1.75 bits per heavy atom. The second-order valence-electron chi connectivity index (χ2n) is 5.21. The maximum atomic E-state index is 13.4. The van der Waals surface area contributed by atoms with E-state index in [1.165, 1.54) is 24.3 Å². The first kappa shape index (κ1) is 17.1. The van der Waals surface area contributed by atoms with E-state index in [4.69, 9.17) is 0 Å². The number of para-hydroxylation sites is 1. The maximum Gasteiger partial charge on any atom is 1.00 e. The number of rotatable bonds is 1. The van der Waals surface area contributed by atoms with Gasteiger partial charge < -0.3 is 5.11 Å². The van der Waals surface area contributed by atoms with Crippen LogP contribution >= 0.6 is 0 Å². The summed E-state index contributed by atoms with van der Waals surface area (Å²) in [6.45, 7) is 0. The molecule has 0 amide bonds. The minimum atomic E-state index is -4.07. The standard InChI is InChI=1S/C17H10FNO3S.Na/c18-12-6-3-5-11(8-12)16-15(20)13-9-10-4-1-2-7-14(10)19-17(13)23(16,21)22;/h1-9,20H;/q;+1/p-1. The monoisotopic (exact) mass is 349 g/mol. The number of halogens is 1. The zero-order valence-electron chi connectivity index (χ0n) is 12.7. The van der Waals surface area contributed by atoms with E-state index in [0.29, 0.717) is 10.9 Å². The molecule has 0 saturated heterocycles. The van der Waals surface area contributed by atoms with Gasteiger partial charge in [0.05, 0.1) is 10.4 Å². The van der Waals surface area contributed by atoms with Crippen LogP contribution in [0.25, 0.3) is 21.6 Å². The number of nitrogens with zero attached hydrogens (tertiary/aromatic N) is 1. The summed E-state index contributed by atoms with van der Waals surface area (Å²) < 4.78 is 38.8. The van der Waals surface area contributed by atoms with Crippen LogP contribution in [0.2, 0.25) is 0 Å². The molecule has 1 aromatic heterocycles. The predicted molar refractivity (Wildman–Crippen MR) is 82.1 cm³/mol. The fourth-order valence-electron chi connectivity index (χ4n) is 2.72. The van der Waals surface area contributed by atoms with Gasteiger partial charge in [-0.1, -0.05) is 36.1 Å². The molecule has 1 aliphatic rings. The van der Waals surface area contributed by atoms with Gasteiger partial charge >= 0.3 is 29.6 Å². The molecule has 3 aromatic rings. The number of benzene rings is 2. The van der Waals surface area contributed by atoms with Crippen molar-refractivity contribution in [2.45, 2.75) is 5.03 Å². The van der Waals surface area contributed by atoms with Gasteiger partial charge in [0.1, 0.15) is 5.82 Å². The molecule has 114 valence electrons. The van der Waals surface area contributed by atoms with Crippen LogP contribution in [0, 0.1) is 5.82 Å². The van der Waals surface area contributed by atoms with Crippen LogP contribution in [0.15, 0.2) is 59.6 Å². The van der Waals surface area contributed by atoms with E-state index in [9.17, 15) is 17.9 Å². The Kier molecular flexibility index (Phi) is 4.25. The molecule has 0 spiro atoms. The Morgan fingerprint density at radius 3 is 2.50 bits per heavy atom. The Labute approximate surface area is 159 Å². The molecule has 4 nitrogen and oxygen atoms in total. The van der Waals surface area contributed by atoms with Gasteiger partial charge in [-0.3, -0.25) is 0 Å². The molecule has 7 heteroatoms. The van der Waals surface area contributed by atoms with Crippen molar-refractivity contribution < 1.29 is 47.5 Å². The van der Waals surface area contributed by atoms with E-state index in [-0.39, 0.29) is 45.7 Å². The van der Waals surface area contributed by atoms with Crippen molar-refractivity contribution in [3.05, 3.63) is 71.5 Å². The smallest absolute Gasteiger partial charge is 0.871 e. The molecular formula is C17H9FNNaO3S. The van der Waals surface area contributed by atoms with Gasteiger partial charge in [0.25, 0.3) is 0 Å². The molecule has 0 fully saturated rings. The van der Waals surface area contributed by atoms with E-state index in [0.717, 1.165) is 6.07 Å². The van der Waals surface area contributed by atoms with Crippen LogP contribution < -0.4 is 34.7 Å². The van der Waals surface area contributed by atoms with Crippen LogP contribution in [0.5, 0.6) is 0 Å². The Bertz CT molecular complexity index is 1110. The van der Waals surface area contributed by atoms with Gasteiger partial charge in [-0.2, -0.15) is 0 Å². The van der Waals surface area contributed by atoms with Crippen molar-refractivity contribution >= 4 is 31.4 Å². The van der Waals surface area contributed by atoms with E-state index < -0.39 is 26.3 Å². The van der Waals surface area contributed by atoms with E-state index in [2.05, 4.69) is 4.98 Å². The summed E-state index contributed by atoms with van der Waals surface area (Å²) in [6, 6.07) is 13.5. The summed E-state index contributed by atoms with van der Waals surface area (Å²) >= 11 is 0. The normalized spacial score (nSPS) is 15.2. The number of pyridine rings is 1. The molecular weight excluding hydrogens is 340 g/mol. The first-order valence-electron chi connectivity index (χ1n) is 6.81. The van der Waals surface area contributed by atoms with Crippen LogP contribution in [0.1, 0.15) is 11.1 Å². The summed E-state index contributed by atoms with van der Waals surface area (Å²) in [6.07, 6.45) is 0. The van der Waals surface area contributed by atoms with Gasteiger partial charge in [-0.15, -0.1) is 0 Å². The number of aromatic nitrogens is 1. The first-order valence-corrected chi connectivity index (χ1v) is 8.29. The Hall–Kier alpha value is -1.73. The van der Waals surface area contributed by atoms with Crippen molar-refractivity contribution in [3.63, 3.8) is 0 Å². The largest absolute Gasteiger partial charge is 1.00 e. The number of sulfone groups is 1. The predicted octanol–water partition coefficient (Wildman–Crippen LogP) is -0.649. The van der Waals surface area contributed by atoms with Crippen molar-refractivity contribution in [2.75, 3.05) is 0 Å². The molecule has 0 saturated carbocycles. The average Bonchev–Trinajstić information content (AvgIpc) is 2.72. The molecule has 2 heterocycles. The fraction of sp³-hybridized carbons (Fsp3) is 0. The Morgan fingerprint density at radius 1 is 1.00 bits per heavy atom. The summed E-state index contributed by atoms with van der Waals surface area (Å²) in [5.41, 5.74) is 0.558. The molecule has 0 N–H and O–H groups in total. The summed E-state index contributed by atoms with van der Waals surface area (Å²) in [5, 5.41) is 13.0. The minimum Gasteiger partial charge on any atom is -0.871 e. The zero-order chi connectivity index (χ0) is 16.2. The quantitative estimate of drug-likeness (QED) is 0.548. The fourth-order valence-corrected chi connectivity index (χ4v) is 4.37. The van der Waals surface area contributed by atoms with Gasteiger partial charge in [0.15, 0.2) is 5.03 Å². The molecule has 0 aliphatic carbocycles. The minimum absolute atomic E-state index is 0. The Balaban J connectivity index is 0.00000169. The van der Waals surface area contributed by atoms with E-state index in [1.54, 1.807) is 24.3 Å². The van der Waals surface area contributed by atoms with Crippen molar-refractivity contribution in [1.82, 2.24) is 4.98 Å². The molecule has 4 rings (SSSR count). The molecule has 0 unspecified atom stereocenters. The van der Waals surface area contributed by atoms with Gasteiger partial charge in [0, 0.05) is 10.9 Å². The third-order valence-electron chi connectivity index (χ3n) is 3.75.